The molecular formula is C18H18FN7O2. The van der Waals surface area contributed by atoms with E-state index in [0.29, 0.717) is 22.5 Å². The molecule has 3 aromatic rings. The van der Waals surface area contributed by atoms with E-state index in [0.717, 1.165) is 0 Å². The number of nitrogens with zero attached hydrogens (tertiary/aromatic N) is 5. The molecule has 0 aliphatic heterocycles. The van der Waals surface area contributed by atoms with Gasteiger partial charge in [-0.3, -0.25) is 9.36 Å². The molecule has 0 saturated carbocycles. The molecule has 0 spiro atoms. The van der Waals surface area contributed by atoms with E-state index in [1.54, 1.807) is 10.6 Å². The van der Waals surface area contributed by atoms with E-state index in [-0.39, 0.29) is 17.8 Å². The SMILES string of the molecule is CC(C)(O)C(F)CNC(=O)c1cnc(-n2cnc3cc(C#N)cnc32)cc1N. The molecule has 28 heavy (non-hydrogen) atoms. The lowest BCUT2D eigenvalue weighted by molar-refractivity contribution is -0.00177. The van der Waals surface area contributed by atoms with Gasteiger partial charge in [-0.15, -0.1) is 0 Å². The van der Waals surface area contributed by atoms with Crippen molar-refractivity contribution in [2.75, 3.05) is 12.3 Å². The minimum Gasteiger partial charge on any atom is -0.398 e. The maximum atomic E-state index is 13.8. The van der Waals surface area contributed by atoms with Gasteiger partial charge < -0.3 is 16.2 Å². The number of hydrogen-bond acceptors (Lipinski definition) is 7. The minimum absolute atomic E-state index is 0.0795. The number of anilines is 1. The summed E-state index contributed by atoms with van der Waals surface area (Å²) in [6.07, 6.45) is 2.54. The summed E-state index contributed by atoms with van der Waals surface area (Å²) in [6.45, 7) is 2.27. The molecule has 0 aliphatic rings. The van der Waals surface area contributed by atoms with Crippen LogP contribution >= 0.6 is 0 Å². The molecule has 1 atom stereocenters. The average molecular weight is 383 g/mol. The summed E-state index contributed by atoms with van der Waals surface area (Å²) in [6, 6.07) is 5.06. The number of aliphatic hydroxyl groups is 1. The number of fused-ring (bicyclic) bond motifs is 1. The number of pyridine rings is 2. The van der Waals surface area contributed by atoms with Gasteiger partial charge in [-0.05, 0) is 19.9 Å². The van der Waals surface area contributed by atoms with E-state index in [9.17, 15) is 14.3 Å². The number of nitrogens with two attached hydrogens (primary N) is 1. The van der Waals surface area contributed by atoms with Crippen molar-refractivity contribution in [1.29, 1.82) is 5.26 Å². The summed E-state index contributed by atoms with van der Waals surface area (Å²) in [4.78, 5) is 24.8. The number of halogens is 1. The lowest BCUT2D eigenvalue weighted by Gasteiger charge is -2.22. The first-order chi connectivity index (χ1) is 13.2. The fourth-order valence-corrected chi connectivity index (χ4v) is 2.44. The molecule has 3 aromatic heterocycles. The van der Waals surface area contributed by atoms with E-state index in [1.165, 1.54) is 38.6 Å². The zero-order chi connectivity index (χ0) is 20.5. The van der Waals surface area contributed by atoms with Crippen LogP contribution in [0.2, 0.25) is 0 Å². The van der Waals surface area contributed by atoms with Gasteiger partial charge in [0.15, 0.2) is 5.65 Å². The summed E-state index contributed by atoms with van der Waals surface area (Å²) in [5.74, 6) is -0.218. The number of carbonyl (C=O) groups excluding carboxylic acids is 1. The molecule has 0 fully saturated rings. The van der Waals surface area contributed by atoms with Gasteiger partial charge in [-0.2, -0.15) is 5.26 Å². The van der Waals surface area contributed by atoms with Crippen molar-refractivity contribution in [2.45, 2.75) is 25.6 Å². The number of nitriles is 1. The van der Waals surface area contributed by atoms with Crippen molar-refractivity contribution in [3.8, 4) is 11.9 Å². The minimum atomic E-state index is -1.63. The van der Waals surface area contributed by atoms with Crippen molar-refractivity contribution in [3.05, 3.63) is 42.0 Å². The third-order valence-corrected chi connectivity index (χ3v) is 4.14. The smallest absolute Gasteiger partial charge is 0.255 e. The first-order valence-electron chi connectivity index (χ1n) is 8.34. The Morgan fingerprint density at radius 3 is 2.79 bits per heavy atom. The number of nitrogens with one attached hydrogen (secondary N) is 1. The Morgan fingerprint density at radius 2 is 2.14 bits per heavy atom. The predicted octanol–water partition coefficient (Wildman–Crippen LogP) is 1.11. The zero-order valence-corrected chi connectivity index (χ0v) is 15.2. The molecule has 0 aliphatic carbocycles. The molecule has 144 valence electrons. The summed E-state index contributed by atoms with van der Waals surface area (Å²) in [7, 11) is 0. The fourth-order valence-electron chi connectivity index (χ4n) is 2.44. The molecule has 3 heterocycles. The van der Waals surface area contributed by atoms with Crippen molar-refractivity contribution in [2.24, 2.45) is 0 Å². The Balaban J connectivity index is 1.83. The van der Waals surface area contributed by atoms with Crippen LogP contribution in [-0.2, 0) is 0 Å². The van der Waals surface area contributed by atoms with Crippen LogP contribution in [0.4, 0.5) is 10.1 Å². The van der Waals surface area contributed by atoms with Crippen LogP contribution in [0, 0.1) is 11.3 Å². The number of rotatable bonds is 5. The predicted molar refractivity (Wildman–Crippen MR) is 99.3 cm³/mol. The second-order valence-electron chi connectivity index (χ2n) is 6.75. The van der Waals surface area contributed by atoms with Crippen LogP contribution in [0.3, 0.4) is 0 Å². The number of nitrogen functional groups attached to an aromatic ring is 1. The molecule has 0 radical (unpaired) electrons. The quantitative estimate of drug-likeness (QED) is 0.599. The number of aromatic nitrogens is 4. The molecule has 9 nitrogen and oxygen atoms in total. The van der Waals surface area contributed by atoms with E-state index in [2.05, 4.69) is 20.3 Å². The van der Waals surface area contributed by atoms with Gasteiger partial charge in [0.05, 0.1) is 23.3 Å². The fraction of sp³-hybridized carbons (Fsp3) is 0.278. The highest BCUT2D eigenvalue weighted by molar-refractivity contribution is 5.99. The van der Waals surface area contributed by atoms with E-state index in [4.69, 9.17) is 11.0 Å². The highest BCUT2D eigenvalue weighted by Crippen LogP contribution is 2.19. The number of carbonyl (C=O) groups is 1. The van der Waals surface area contributed by atoms with Gasteiger partial charge in [-0.1, -0.05) is 0 Å². The molecule has 1 unspecified atom stereocenters. The van der Waals surface area contributed by atoms with Gasteiger partial charge >= 0.3 is 0 Å². The lowest BCUT2D eigenvalue weighted by atomic mass is 10.0. The van der Waals surface area contributed by atoms with E-state index in [1.807, 2.05) is 6.07 Å². The molecule has 4 N–H and O–H groups in total. The zero-order valence-electron chi connectivity index (χ0n) is 15.2. The maximum Gasteiger partial charge on any atom is 0.255 e. The maximum absolute atomic E-state index is 13.8. The van der Waals surface area contributed by atoms with Gasteiger partial charge in [0, 0.05) is 24.1 Å². The van der Waals surface area contributed by atoms with Gasteiger partial charge in [0.25, 0.3) is 5.91 Å². The Kier molecular flexibility index (Phi) is 4.94. The molecule has 0 bridgehead atoms. The molecule has 10 heteroatoms. The largest absolute Gasteiger partial charge is 0.398 e. The van der Waals surface area contributed by atoms with Crippen molar-refractivity contribution >= 4 is 22.8 Å². The first-order valence-corrected chi connectivity index (χ1v) is 8.34. The van der Waals surface area contributed by atoms with Crippen LogP contribution < -0.4 is 11.1 Å². The molecule has 1 amide bonds. The number of imidazole rings is 1. The standard InChI is InChI=1S/C18H18FN7O2/c1-18(2,28)14(19)8-24-17(27)11-7-22-15(4-12(11)21)26-9-25-13-3-10(5-20)6-23-16(13)26/h3-4,6-7,9,14,28H,8H2,1-2H3,(H2,21,22)(H,24,27). The third kappa shape index (κ3) is 3.74. The summed E-state index contributed by atoms with van der Waals surface area (Å²) in [5, 5.41) is 20.9. The Hall–Kier alpha value is -3.58. The third-order valence-electron chi connectivity index (χ3n) is 4.14. The van der Waals surface area contributed by atoms with Crippen LogP contribution in [-0.4, -0.2) is 48.9 Å². The summed E-state index contributed by atoms with van der Waals surface area (Å²) >= 11 is 0. The summed E-state index contributed by atoms with van der Waals surface area (Å²) in [5.41, 5.74) is 6.00. The van der Waals surface area contributed by atoms with E-state index >= 15 is 0 Å². The normalized spacial score (nSPS) is 12.5. The van der Waals surface area contributed by atoms with Crippen LogP contribution in [0.1, 0.15) is 29.8 Å². The second-order valence-corrected chi connectivity index (χ2v) is 6.75. The Labute approximate surface area is 159 Å². The highest BCUT2D eigenvalue weighted by atomic mass is 19.1. The molecule has 3 rings (SSSR count). The van der Waals surface area contributed by atoms with Crippen molar-refractivity contribution in [3.63, 3.8) is 0 Å². The Bertz CT molecular complexity index is 1080. The lowest BCUT2D eigenvalue weighted by Crippen LogP contribution is -2.42. The van der Waals surface area contributed by atoms with Crippen LogP contribution in [0.25, 0.3) is 17.0 Å². The van der Waals surface area contributed by atoms with Gasteiger partial charge in [0.2, 0.25) is 0 Å². The second kappa shape index (κ2) is 7.21. The first kappa shape index (κ1) is 19.2. The number of amides is 1. The van der Waals surface area contributed by atoms with Crippen molar-refractivity contribution in [1.82, 2.24) is 24.8 Å². The topological polar surface area (TPSA) is 143 Å². The average Bonchev–Trinajstić information content (AvgIpc) is 3.07. The molecule has 0 aromatic carbocycles. The monoisotopic (exact) mass is 383 g/mol. The number of hydrogen-bond donors (Lipinski definition) is 3. The molecular weight excluding hydrogens is 365 g/mol. The Morgan fingerprint density at radius 1 is 1.39 bits per heavy atom. The van der Waals surface area contributed by atoms with Gasteiger partial charge in [-0.25, -0.2) is 19.3 Å². The summed E-state index contributed by atoms with van der Waals surface area (Å²) < 4.78 is 15.4. The molecule has 0 saturated heterocycles. The highest BCUT2D eigenvalue weighted by Gasteiger charge is 2.27. The van der Waals surface area contributed by atoms with Gasteiger partial charge in [0.1, 0.15) is 29.9 Å². The van der Waals surface area contributed by atoms with Crippen LogP contribution in [0.5, 0.6) is 0 Å². The van der Waals surface area contributed by atoms with Crippen molar-refractivity contribution < 1.29 is 14.3 Å². The van der Waals surface area contributed by atoms with Crippen LogP contribution in [0.15, 0.2) is 30.9 Å². The number of alkyl halides is 1. The van der Waals surface area contributed by atoms with E-state index < -0.39 is 17.7 Å².